The fourth-order valence-corrected chi connectivity index (χ4v) is 1.51. The summed E-state index contributed by atoms with van der Waals surface area (Å²) in [5.41, 5.74) is 3.02. The monoisotopic (exact) mass is 368 g/mol. The van der Waals surface area contributed by atoms with Crippen LogP contribution in [0.4, 0.5) is 4.79 Å². The van der Waals surface area contributed by atoms with E-state index >= 15 is 0 Å². The zero-order chi connectivity index (χ0) is 14.3. The maximum absolute atomic E-state index is 11.7. The molecule has 0 atom stereocenters. The van der Waals surface area contributed by atoms with Crippen molar-refractivity contribution in [1.82, 2.24) is 10.4 Å². The van der Waals surface area contributed by atoms with Crippen LogP contribution in [0.1, 0.15) is 5.56 Å². The molecular weight excluding hydrogens is 359 g/mol. The highest BCUT2D eigenvalue weighted by Gasteiger charge is 2.23. The molecule has 0 heterocycles. The average Bonchev–Trinajstić information content (AvgIpc) is 2.42. The van der Waals surface area contributed by atoms with Crippen LogP contribution in [0.5, 0.6) is 0 Å². The molecule has 0 radical (unpaired) electrons. The van der Waals surface area contributed by atoms with Gasteiger partial charge in [0.2, 0.25) is 10.9 Å². The molecule has 0 spiro atoms. The van der Waals surface area contributed by atoms with Crippen molar-refractivity contribution in [3.05, 3.63) is 35.9 Å². The van der Waals surface area contributed by atoms with Crippen molar-refractivity contribution >= 4 is 51.1 Å². The molecule has 1 aromatic carbocycles. The first kappa shape index (κ1) is 16.1. The largest absolute Gasteiger partial charge is 0.443 e. The van der Waals surface area contributed by atoms with Crippen molar-refractivity contribution in [2.75, 3.05) is 5.33 Å². The summed E-state index contributed by atoms with van der Waals surface area (Å²) in [7, 11) is 0. The summed E-state index contributed by atoms with van der Waals surface area (Å²) >= 11 is 14.1. The quantitative estimate of drug-likeness (QED) is 0.504. The Kier molecular flexibility index (Phi) is 6.97. The summed E-state index contributed by atoms with van der Waals surface area (Å²) in [6.07, 6.45) is -0.840. The summed E-state index contributed by atoms with van der Waals surface area (Å²) in [4.78, 5) is 21.7. The summed E-state index contributed by atoms with van der Waals surface area (Å²) in [6.45, 7) is 0.0564. The average molecular weight is 370 g/mol. The molecule has 0 fully saturated rings. The van der Waals surface area contributed by atoms with Gasteiger partial charge in [0.1, 0.15) is 6.61 Å². The number of alkyl halides is 3. The Hall–Kier alpha value is -0.980. The lowest BCUT2D eigenvalue weighted by molar-refractivity contribution is -0.122. The Morgan fingerprint density at radius 1 is 1.32 bits per heavy atom. The van der Waals surface area contributed by atoms with Crippen molar-refractivity contribution < 1.29 is 14.3 Å². The van der Waals surface area contributed by atoms with E-state index in [2.05, 4.69) is 21.4 Å². The van der Waals surface area contributed by atoms with Crippen LogP contribution in [-0.2, 0) is 16.1 Å². The first-order chi connectivity index (χ1) is 9.04. The van der Waals surface area contributed by atoms with Crippen molar-refractivity contribution in [1.29, 1.82) is 0 Å². The molecule has 1 aromatic rings. The maximum atomic E-state index is 11.7. The van der Waals surface area contributed by atoms with Gasteiger partial charge >= 0.3 is 6.09 Å². The molecule has 0 aliphatic carbocycles. The van der Waals surface area contributed by atoms with Crippen LogP contribution in [0, 0.1) is 0 Å². The fraction of sp³-hybridized carbons (Fsp3) is 0.273. The molecule has 1 N–H and O–H groups in total. The lowest BCUT2D eigenvalue weighted by Crippen LogP contribution is -2.49. The molecule has 8 heteroatoms. The lowest BCUT2D eigenvalue weighted by Gasteiger charge is -2.22. The fourth-order valence-electron chi connectivity index (χ4n) is 1.13. The number of rotatable bonds is 4. The van der Waals surface area contributed by atoms with E-state index in [9.17, 15) is 9.59 Å². The summed E-state index contributed by atoms with van der Waals surface area (Å²) in [5.74, 6) is -0.469. The summed E-state index contributed by atoms with van der Waals surface area (Å²) < 4.78 is 4.98. The van der Waals surface area contributed by atoms with Crippen LogP contribution in [0.25, 0.3) is 0 Å². The van der Waals surface area contributed by atoms with Crippen LogP contribution in [0.3, 0.4) is 0 Å². The first-order valence-electron chi connectivity index (χ1n) is 5.18. The molecular formula is C11H11BrCl2N2O3. The third kappa shape index (κ3) is 5.67. The Morgan fingerprint density at radius 3 is 2.47 bits per heavy atom. The van der Waals surface area contributed by atoms with E-state index in [0.717, 1.165) is 5.56 Å². The van der Waals surface area contributed by atoms with Gasteiger partial charge in [-0.2, -0.15) is 5.01 Å². The van der Waals surface area contributed by atoms with Crippen molar-refractivity contribution in [3.8, 4) is 0 Å². The van der Waals surface area contributed by atoms with Crippen LogP contribution >= 0.6 is 39.1 Å². The minimum absolute atomic E-state index is 0.00988. The summed E-state index contributed by atoms with van der Waals surface area (Å²) in [5, 5.41) is 0.714. The minimum atomic E-state index is -1.24. The molecule has 0 aliphatic rings. The van der Waals surface area contributed by atoms with Gasteiger partial charge in [-0.3, -0.25) is 10.2 Å². The van der Waals surface area contributed by atoms with Crippen LogP contribution in [0.15, 0.2) is 30.3 Å². The molecule has 1 rings (SSSR count). The smallest absolute Gasteiger partial charge is 0.431 e. The molecule has 2 amide bonds. The van der Waals surface area contributed by atoms with Crippen molar-refractivity contribution in [3.63, 3.8) is 0 Å². The zero-order valence-electron chi connectivity index (χ0n) is 9.68. The third-order valence-electron chi connectivity index (χ3n) is 1.96. The zero-order valence-corrected chi connectivity index (χ0v) is 12.8. The highest BCUT2D eigenvalue weighted by molar-refractivity contribution is 9.09. The van der Waals surface area contributed by atoms with Gasteiger partial charge in [0, 0.05) is 0 Å². The van der Waals surface area contributed by atoms with E-state index in [1.54, 1.807) is 12.1 Å². The number of carbonyl (C=O) groups is 2. The third-order valence-corrected chi connectivity index (χ3v) is 2.86. The van der Waals surface area contributed by atoms with E-state index in [1.807, 2.05) is 18.2 Å². The van der Waals surface area contributed by atoms with E-state index in [4.69, 9.17) is 27.9 Å². The Balaban J connectivity index is 2.55. The van der Waals surface area contributed by atoms with E-state index in [0.29, 0.717) is 5.01 Å². The number of halogens is 3. The number of amides is 2. The lowest BCUT2D eigenvalue weighted by atomic mass is 10.2. The molecule has 104 valence electrons. The van der Waals surface area contributed by atoms with Gasteiger partial charge in [0.05, 0.1) is 5.33 Å². The van der Waals surface area contributed by atoms with Crippen LogP contribution in [0.2, 0.25) is 0 Å². The predicted octanol–water partition coefficient (Wildman–Crippen LogP) is 2.81. The SMILES string of the molecule is O=C(CBr)NN(C(=O)OCc1ccccc1)C(Cl)Cl. The van der Waals surface area contributed by atoms with E-state index in [-0.39, 0.29) is 11.9 Å². The van der Waals surface area contributed by atoms with Crippen molar-refractivity contribution in [2.24, 2.45) is 0 Å². The van der Waals surface area contributed by atoms with Gasteiger partial charge in [-0.25, -0.2) is 4.79 Å². The van der Waals surface area contributed by atoms with Crippen molar-refractivity contribution in [2.45, 2.75) is 11.6 Å². The van der Waals surface area contributed by atoms with E-state index < -0.39 is 17.0 Å². The number of nitrogens with one attached hydrogen (secondary N) is 1. The van der Waals surface area contributed by atoms with Gasteiger partial charge in [-0.1, -0.05) is 69.5 Å². The normalized spacial score (nSPS) is 10.1. The maximum Gasteiger partial charge on any atom is 0.431 e. The Bertz CT molecular complexity index is 431. The predicted molar refractivity (Wildman–Crippen MR) is 75.9 cm³/mol. The number of ether oxygens (including phenoxy) is 1. The number of hydrogen-bond donors (Lipinski definition) is 1. The topological polar surface area (TPSA) is 58.6 Å². The standard InChI is InChI=1S/C11H11BrCl2N2O3/c12-6-9(17)15-16(10(13)14)11(18)19-7-8-4-2-1-3-5-8/h1-5,10H,6-7H2,(H,15,17). The number of carbonyl (C=O) groups excluding carboxylic acids is 2. The second-order valence-corrected chi connectivity index (χ2v) is 4.97. The highest BCUT2D eigenvalue weighted by Crippen LogP contribution is 2.10. The Labute approximate surface area is 128 Å². The molecule has 0 bridgehead atoms. The number of hydrogen-bond acceptors (Lipinski definition) is 3. The van der Waals surface area contributed by atoms with Gasteiger partial charge in [-0.15, -0.1) is 0 Å². The van der Waals surface area contributed by atoms with Gasteiger partial charge in [0.25, 0.3) is 0 Å². The first-order valence-corrected chi connectivity index (χ1v) is 7.17. The minimum Gasteiger partial charge on any atom is -0.443 e. The molecule has 0 unspecified atom stereocenters. The van der Waals surface area contributed by atoms with Gasteiger partial charge < -0.3 is 4.74 Å². The number of benzene rings is 1. The number of nitrogens with zero attached hydrogens (tertiary/aromatic N) is 1. The number of hydrazine groups is 1. The highest BCUT2D eigenvalue weighted by atomic mass is 79.9. The second-order valence-electron chi connectivity index (χ2n) is 3.36. The van der Waals surface area contributed by atoms with E-state index in [1.165, 1.54) is 0 Å². The van der Waals surface area contributed by atoms with Crippen LogP contribution < -0.4 is 5.43 Å². The molecule has 0 saturated heterocycles. The molecule has 19 heavy (non-hydrogen) atoms. The molecule has 5 nitrogen and oxygen atoms in total. The van der Waals surface area contributed by atoms with Gasteiger partial charge in [0.15, 0.2) is 0 Å². The molecule has 0 aromatic heterocycles. The second kappa shape index (κ2) is 8.24. The molecule has 0 saturated carbocycles. The van der Waals surface area contributed by atoms with Gasteiger partial charge in [-0.05, 0) is 5.56 Å². The summed E-state index contributed by atoms with van der Waals surface area (Å²) in [6, 6.07) is 9.08. The Morgan fingerprint density at radius 2 is 1.95 bits per heavy atom. The molecule has 0 aliphatic heterocycles. The van der Waals surface area contributed by atoms with Crippen LogP contribution in [-0.4, -0.2) is 27.3 Å².